The van der Waals surface area contributed by atoms with Crippen molar-refractivity contribution in [2.24, 2.45) is 11.5 Å². The Hall–Kier alpha value is 0.830. The second-order valence-electron chi connectivity index (χ2n) is 2.05. The molecule has 0 aromatic rings. The maximum Gasteiger partial charge on any atom is 1.00 e. The summed E-state index contributed by atoms with van der Waals surface area (Å²) >= 11 is 0. The first-order valence-corrected chi connectivity index (χ1v) is 4.85. The standard InChI is InChI=1S/C5H14N2O3S.Na.H/c1-2-5(7)11(8,9)10-4-3-6;;/h5H,2-4,6-7H2,1H3;;/q;+1;-1. The molecule has 0 aromatic heterocycles. The summed E-state index contributed by atoms with van der Waals surface area (Å²) in [7, 11) is -3.57. The van der Waals surface area contributed by atoms with E-state index in [9.17, 15) is 8.42 Å². The summed E-state index contributed by atoms with van der Waals surface area (Å²) in [6.07, 6.45) is 0.340. The van der Waals surface area contributed by atoms with Crippen LogP contribution in [-0.4, -0.2) is 26.9 Å². The van der Waals surface area contributed by atoms with E-state index in [0.717, 1.165) is 0 Å². The molecule has 0 aliphatic heterocycles. The molecule has 70 valence electrons. The fourth-order valence-corrected chi connectivity index (χ4v) is 1.37. The van der Waals surface area contributed by atoms with Crippen LogP contribution < -0.4 is 41.0 Å². The van der Waals surface area contributed by atoms with Gasteiger partial charge in [0.05, 0.1) is 6.61 Å². The summed E-state index contributed by atoms with van der Waals surface area (Å²) in [5.41, 5.74) is 10.3. The second kappa shape index (κ2) is 7.25. The van der Waals surface area contributed by atoms with Crippen LogP contribution >= 0.6 is 0 Å². The van der Waals surface area contributed by atoms with Crippen LogP contribution in [0.15, 0.2) is 0 Å². The fraction of sp³-hybridized carbons (Fsp3) is 1.00. The van der Waals surface area contributed by atoms with Crippen molar-refractivity contribution in [3.05, 3.63) is 0 Å². The molecule has 0 aliphatic carbocycles. The van der Waals surface area contributed by atoms with Gasteiger partial charge in [-0.3, -0.25) is 4.18 Å². The Bertz CT molecular complexity index is 200. The molecule has 4 N–H and O–H groups in total. The molecular weight excluding hydrogens is 191 g/mol. The van der Waals surface area contributed by atoms with Crippen molar-refractivity contribution in [3.8, 4) is 0 Å². The smallest absolute Gasteiger partial charge is 1.00 e. The van der Waals surface area contributed by atoms with Crippen molar-refractivity contribution in [1.29, 1.82) is 0 Å². The van der Waals surface area contributed by atoms with Crippen LogP contribution in [0.2, 0.25) is 0 Å². The summed E-state index contributed by atoms with van der Waals surface area (Å²) in [5.74, 6) is 0. The molecule has 7 heteroatoms. The molecule has 0 saturated heterocycles. The molecule has 0 aliphatic rings. The second-order valence-corrected chi connectivity index (χ2v) is 3.88. The van der Waals surface area contributed by atoms with E-state index >= 15 is 0 Å². The van der Waals surface area contributed by atoms with Gasteiger partial charge in [0.1, 0.15) is 5.37 Å². The van der Waals surface area contributed by atoms with Crippen molar-refractivity contribution < 1.29 is 43.6 Å². The monoisotopic (exact) mass is 206 g/mol. The van der Waals surface area contributed by atoms with E-state index < -0.39 is 15.5 Å². The molecule has 0 aromatic carbocycles. The summed E-state index contributed by atoms with van der Waals surface area (Å²) in [6, 6.07) is 0. The Balaban J connectivity index is -0.000000500. The molecule has 0 radical (unpaired) electrons. The molecule has 0 heterocycles. The zero-order valence-corrected chi connectivity index (χ0v) is 10.3. The van der Waals surface area contributed by atoms with Crippen molar-refractivity contribution in [3.63, 3.8) is 0 Å². The van der Waals surface area contributed by atoms with Crippen LogP contribution in [0.5, 0.6) is 0 Å². The first-order chi connectivity index (χ1) is 5.04. The minimum Gasteiger partial charge on any atom is -1.00 e. The van der Waals surface area contributed by atoms with Gasteiger partial charge in [0.15, 0.2) is 0 Å². The van der Waals surface area contributed by atoms with E-state index in [1.54, 1.807) is 6.92 Å². The average molecular weight is 206 g/mol. The van der Waals surface area contributed by atoms with E-state index in [1.165, 1.54) is 0 Å². The molecule has 0 fully saturated rings. The molecular formula is C5H15N2NaO3S. The summed E-state index contributed by atoms with van der Waals surface area (Å²) in [6.45, 7) is 1.85. The minimum absolute atomic E-state index is 0. The number of nitrogens with two attached hydrogens (primary N) is 2. The molecule has 1 atom stereocenters. The third-order valence-corrected chi connectivity index (χ3v) is 2.71. The van der Waals surface area contributed by atoms with Crippen molar-refractivity contribution in [1.82, 2.24) is 0 Å². The fourth-order valence-electron chi connectivity index (χ4n) is 0.456. The summed E-state index contributed by atoms with van der Waals surface area (Å²) < 4.78 is 26.3. The largest absolute Gasteiger partial charge is 1.00 e. The van der Waals surface area contributed by atoms with Crippen LogP contribution in [0.3, 0.4) is 0 Å². The zero-order valence-electron chi connectivity index (χ0n) is 8.49. The van der Waals surface area contributed by atoms with E-state index in [2.05, 4.69) is 4.18 Å². The zero-order chi connectivity index (χ0) is 8.91. The quantitative estimate of drug-likeness (QED) is 0.354. The van der Waals surface area contributed by atoms with Gasteiger partial charge in [-0.2, -0.15) is 8.42 Å². The van der Waals surface area contributed by atoms with Gasteiger partial charge in [0.2, 0.25) is 0 Å². The Labute approximate surface area is 96.7 Å². The predicted molar refractivity (Wildman–Crippen MR) is 43.3 cm³/mol. The first-order valence-electron chi connectivity index (χ1n) is 3.38. The van der Waals surface area contributed by atoms with Gasteiger partial charge in [-0.15, -0.1) is 0 Å². The topological polar surface area (TPSA) is 95.4 Å². The van der Waals surface area contributed by atoms with Crippen LogP contribution in [0, 0.1) is 0 Å². The van der Waals surface area contributed by atoms with Gasteiger partial charge in [-0.25, -0.2) is 0 Å². The Morgan fingerprint density at radius 2 is 2.08 bits per heavy atom. The van der Waals surface area contributed by atoms with Crippen molar-refractivity contribution in [2.45, 2.75) is 18.7 Å². The van der Waals surface area contributed by atoms with E-state index in [0.29, 0.717) is 6.42 Å². The SMILES string of the molecule is CCC(N)S(=O)(=O)OCCN.[H-].[Na+]. The van der Waals surface area contributed by atoms with Gasteiger partial charge in [0, 0.05) is 6.54 Å². The Morgan fingerprint density at radius 1 is 1.58 bits per heavy atom. The predicted octanol–water partition coefficient (Wildman–Crippen LogP) is -3.90. The number of rotatable bonds is 5. The van der Waals surface area contributed by atoms with Gasteiger partial charge in [-0.1, -0.05) is 6.92 Å². The number of hydrogen-bond donors (Lipinski definition) is 2. The number of hydrogen-bond acceptors (Lipinski definition) is 5. The average Bonchev–Trinajstić information content (AvgIpc) is 1.99. The first kappa shape index (κ1) is 15.3. The van der Waals surface area contributed by atoms with Gasteiger partial charge in [0.25, 0.3) is 10.1 Å². The summed E-state index contributed by atoms with van der Waals surface area (Å²) in [4.78, 5) is 0. The molecule has 0 saturated carbocycles. The normalized spacial score (nSPS) is 13.6. The van der Waals surface area contributed by atoms with Gasteiger partial charge < -0.3 is 12.9 Å². The third-order valence-electron chi connectivity index (χ3n) is 1.14. The molecule has 0 spiro atoms. The van der Waals surface area contributed by atoms with Crippen LogP contribution in [0.1, 0.15) is 14.8 Å². The maximum atomic E-state index is 10.9. The third kappa shape index (κ3) is 5.47. The van der Waals surface area contributed by atoms with E-state index in [4.69, 9.17) is 11.5 Å². The molecule has 12 heavy (non-hydrogen) atoms. The van der Waals surface area contributed by atoms with Crippen molar-refractivity contribution in [2.75, 3.05) is 13.2 Å². The van der Waals surface area contributed by atoms with Crippen LogP contribution in [0.4, 0.5) is 0 Å². The Kier molecular flexibility index (Phi) is 9.25. The summed E-state index contributed by atoms with van der Waals surface area (Å²) in [5, 5.41) is -0.936. The van der Waals surface area contributed by atoms with Crippen LogP contribution in [0.25, 0.3) is 0 Å². The van der Waals surface area contributed by atoms with Gasteiger partial charge >= 0.3 is 29.6 Å². The Morgan fingerprint density at radius 3 is 2.42 bits per heavy atom. The molecule has 0 amide bonds. The van der Waals surface area contributed by atoms with E-state index in [-0.39, 0.29) is 44.1 Å². The van der Waals surface area contributed by atoms with E-state index in [1.807, 2.05) is 0 Å². The maximum absolute atomic E-state index is 10.9. The molecule has 0 bridgehead atoms. The minimum atomic E-state index is -3.57. The molecule has 1 unspecified atom stereocenters. The molecule has 0 rings (SSSR count). The van der Waals surface area contributed by atoms with Gasteiger partial charge in [-0.05, 0) is 6.42 Å². The van der Waals surface area contributed by atoms with Crippen LogP contribution in [-0.2, 0) is 14.3 Å². The van der Waals surface area contributed by atoms with Crippen molar-refractivity contribution >= 4 is 10.1 Å². The molecule has 5 nitrogen and oxygen atoms in total.